The van der Waals surface area contributed by atoms with Gasteiger partial charge in [-0.25, -0.2) is 0 Å². The molecule has 1 fully saturated rings. The Bertz CT molecular complexity index is 894. The molecular weight excluding hydrogens is 372 g/mol. The van der Waals surface area contributed by atoms with Crippen LogP contribution in [0.5, 0.6) is 5.75 Å². The average Bonchev–Trinajstić information content (AvgIpc) is 3.12. The van der Waals surface area contributed by atoms with Crippen LogP contribution in [0.2, 0.25) is 0 Å². The van der Waals surface area contributed by atoms with Gasteiger partial charge in [-0.15, -0.1) is 10.2 Å². The number of phenolic OH excluding ortho intramolecular Hbond substituents is 1. The zero-order valence-electron chi connectivity index (χ0n) is 15.8. The Morgan fingerprint density at radius 1 is 1.00 bits per heavy atom. The standard InChI is InChI=1S/C21H24N4O2S/c26-19-9-5-4-8-18(19)20-22-23-21(25(20)16-17-6-2-1-3-7-17)28-15-12-24-10-13-27-14-11-24/h1-9,26H,10-16H2/p+1. The lowest BCUT2D eigenvalue weighted by Crippen LogP contribution is -3.14. The molecule has 0 aliphatic carbocycles. The lowest BCUT2D eigenvalue weighted by Gasteiger charge is -2.23. The predicted octanol–water partition coefficient (Wildman–Crippen LogP) is 1.71. The minimum atomic E-state index is 0.221. The number of ether oxygens (including phenoxy) is 1. The number of aromatic hydroxyl groups is 1. The highest BCUT2D eigenvalue weighted by Gasteiger charge is 2.19. The molecule has 146 valence electrons. The van der Waals surface area contributed by atoms with Crippen molar-refractivity contribution in [3.8, 4) is 17.1 Å². The minimum absolute atomic E-state index is 0.221. The number of para-hydroxylation sites is 1. The van der Waals surface area contributed by atoms with E-state index < -0.39 is 0 Å². The van der Waals surface area contributed by atoms with Gasteiger partial charge in [-0.1, -0.05) is 54.2 Å². The smallest absolute Gasteiger partial charge is 0.192 e. The van der Waals surface area contributed by atoms with E-state index in [0.717, 1.165) is 43.8 Å². The molecule has 0 unspecified atom stereocenters. The number of nitrogens with zero attached hydrogens (tertiary/aromatic N) is 3. The van der Waals surface area contributed by atoms with E-state index in [1.54, 1.807) is 22.7 Å². The molecule has 1 aromatic heterocycles. The molecular formula is C21H25N4O2S+. The van der Waals surface area contributed by atoms with Gasteiger partial charge >= 0.3 is 0 Å². The fourth-order valence-corrected chi connectivity index (χ4v) is 4.34. The third kappa shape index (κ3) is 4.55. The number of rotatable bonds is 7. The number of hydrogen-bond acceptors (Lipinski definition) is 5. The van der Waals surface area contributed by atoms with Crippen LogP contribution in [-0.4, -0.2) is 58.5 Å². The summed E-state index contributed by atoms with van der Waals surface area (Å²) in [4.78, 5) is 1.58. The summed E-state index contributed by atoms with van der Waals surface area (Å²) in [6.45, 7) is 5.59. The molecule has 2 heterocycles. The maximum absolute atomic E-state index is 10.3. The van der Waals surface area contributed by atoms with Crippen LogP contribution < -0.4 is 4.90 Å². The summed E-state index contributed by atoms with van der Waals surface area (Å²) >= 11 is 1.73. The fraction of sp³-hybridized carbons (Fsp3) is 0.333. The average molecular weight is 398 g/mol. The summed E-state index contributed by atoms with van der Waals surface area (Å²) < 4.78 is 7.54. The number of nitrogens with one attached hydrogen (secondary N) is 1. The maximum atomic E-state index is 10.3. The van der Waals surface area contributed by atoms with Crippen molar-refractivity contribution < 1.29 is 14.7 Å². The van der Waals surface area contributed by atoms with E-state index >= 15 is 0 Å². The van der Waals surface area contributed by atoms with Crippen LogP contribution in [0.15, 0.2) is 59.8 Å². The van der Waals surface area contributed by atoms with Crippen molar-refractivity contribution in [2.24, 2.45) is 0 Å². The molecule has 4 rings (SSSR count). The third-order valence-corrected chi connectivity index (χ3v) is 5.90. The summed E-state index contributed by atoms with van der Waals surface area (Å²) in [6.07, 6.45) is 0. The van der Waals surface area contributed by atoms with Crippen molar-refractivity contribution in [3.05, 3.63) is 60.2 Å². The molecule has 0 atom stereocenters. The Morgan fingerprint density at radius 3 is 2.54 bits per heavy atom. The van der Waals surface area contributed by atoms with Crippen LogP contribution in [0.4, 0.5) is 0 Å². The van der Waals surface area contributed by atoms with Crippen LogP contribution in [0.1, 0.15) is 5.56 Å². The van der Waals surface area contributed by atoms with E-state index in [1.807, 2.05) is 36.4 Å². The van der Waals surface area contributed by atoms with Gasteiger partial charge in [-0.3, -0.25) is 4.57 Å². The van der Waals surface area contributed by atoms with E-state index in [2.05, 4.69) is 26.9 Å². The first-order valence-corrected chi connectivity index (χ1v) is 10.6. The molecule has 2 N–H and O–H groups in total. The lowest BCUT2D eigenvalue weighted by atomic mass is 10.1. The summed E-state index contributed by atoms with van der Waals surface area (Å²) in [5.74, 6) is 1.89. The van der Waals surface area contributed by atoms with Gasteiger partial charge in [0.05, 0.1) is 37.6 Å². The van der Waals surface area contributed by atoms with Crippen molar-refractivity contribution in [1.82, 2.24) is 14.8 Å². The van der Waals surface area contributed by atoms with Crippen LogP contribution in [0.3, 0.4) is 0 Å². The van der Waals surface area contributed by atoms with Gasteiger partial charge in [-0.2, -0.15) is 0 Å². The first-order chi connectivity index (χ1) is 13.8. The molecule has 0 amide bonds. The van der Waals surface area contributed by atoms with Gasteiger partial charge in [0.1, 0.15) is 18.8 Å². The Morgan fingerprint density at radius 2 is 1.75 bits per heavy atom. The molecule has 28 heavy (non-hydrogen) atoms. The highest BCUT2D eigenvalue weighted by Crippen LogP contribution is 2.30. The van der Waals surface area contributed by atoms with E-state index in [9.17, 15) is 5.11 Å². The minimum Gasteiger partial charge on any atom is -0.507 e. The van der Waals surface area contributed by atoms with E-state index in [0.29, 0.717) is 17.9 Å². The van der Waals surface area contributed by atoms with Gasteiger partial charge < -0.3 is 14.7 Å². The quantitative estimate of drug-likeness (QED) is 0.594. The van der Waals surface area contributed by atoms with Gasteiger partial charge in [0.2, 0.25) is 0 Å². The molecule has 0 bridgehead atoms. The second-order valence-corrected chi connectivity index (χ2v) is 7.92. The number of quaternary nitrogens is 1. The molecule has 0 radical (unpaired) electrons. The molecule has 1 saturated heterocycles. The maximum Gasteiger partial charge on any atom is 0.192 e. The Kier molecular flexibility index (Phi) is 6.26. The first kappa shape index (κ1) is 19.0. The number of aromatic nitrogens is 3. The van der Waals surface area contributed by atoms with Crippen molar-refractivity contribution in [2.75, 3.05) is 38.6 Å². The summed E-state index contributed by atoms with van der Waals surface area (Å²) in [6, 6.07) is 17.6. The largest absolute Gasteiger partial charge is 0.507 e. The number of morpholine rings is 1. The summed E-state index contributed by atoms with van der Waals surface area (Å²) in [5.41, 5.74) is 1.89. The molecule has 2 aromatic carbocycles. The topological polar surface area (TPSA) is 64.6 Å². The van der Waals surface area contributed by atoms with Crippen LogP contribution in [0, 0.1) is 0 Å². The van der Waals surface area contributed by atoms with Gasteiger partial charge in [0.15, 0.2) is 11.0 Å². The highest BCUT2D eigenvalue weighted by molar-refractivity contribution is 7.99. The second-order valence-electron chi connectivity index (χ2n) is 6.86. The summed E-state index contributed by atoms with van der Waals surface area (Å²) in [7, 11) is 0. The SMILES string of the molecule is Oc1ccccc1-c1nnc(SCC[NH+]2CCOCC2)n1Cc1ccccc1. The zero-order valence-corrected chi connectivity index (χ0v) is 16.6. The van der Waals surface area contributed by atoms with Crippen molar-refractivity contribution in [2.45, 2.75) is 11.7 Å². The monoisotopic (exact) mass is 397 g/mol. The third-order valence-electron chi connectivity index (χ3n) is 4.93. The Balaban J connectivity index is 1.56. The second kappa shape index (κ2) is 9.23. The molecule has 3 aromatic rings. The molecule has 6 nitrogen and oxygen atoms in total. The van der Waals surface area contributed by atoms with Crippen LogP contribution in [0.25, 0.3) is 11.4 Å². The molecule has 0 saturated carbocycles. The first-order valence-electron chi connectivity index (χ1n) is 9.61. The van der Waals surface area contributed by atoms with E-state index in [1.165, 1.54) is 5.56 Å². The normalized spacial score (nSPS) is 15.0. The molecule has 1 aliphatic rings. The molecule has 7 heteroatoms. The zero-order chi connectivity index (χ0) is 19.2. The fourth-order valence-electron chi connectivity index (χ4n) is 3.36. The number of hydrogen-bond donors (Lipinski definition) is 2. The van der Waals surface area contributed by atoms with Crippen molar-refractivity contribution in [1.29, 1.82) is 0 Å². The number of phenols is 1. The number of benzene rings is 2. The predicted molar refractivity (Wildman–Crippen MR) is 110 cm³/mol. The van der Waals surface area contributed by atoms with Gasteiger partial charge in [-0.05, 0) is 17.7 Å². The van der Waals surface area contributed by atoms with Gasteiger partial charge in [0.25, 0.3) is 0 Å². The van der Waals surface area contributed by atoms with Crippen LogP contribution >= 0.6 is 11.8 Å². The van der Waals surface area contributed by atoms with Crippen molar-refractivity contribution >= 4 is 11.8 Å². The Hall–Kier alpha value is -2.35. The van der Waals surface area contributed by atoms with E-state index in [4.69, 9.17) is 4.74 Å². The highest BCUT2D eigenvalue weighted by atomic mass is 32.2. The summed E-state index contributed by atoms with van der Waals surface area (Å²) in [5, 5.41) is 20.0. The van der Waals surface area contributed by atoms with E-state index in [-0.39, 0.29) is 5.75 Å². The lowest BCUT2D eigenvalue weighted by molar-refractivity contribution is -0.905. The van der Waals surface area contributed by atoms with Crippen LogP contribution in [-0.2, 0) is 11.3 Å². The Labute approximate surface area is 169 Å². The van der Waals surface area contributed by atoms with Crippen molar-refractivity contribution in [3.63, 3.8) is 0 Å². The molecule has 0 spiro atoms. The van der Waals surface area contributed by atoms with Gasteiger partial charge in [0, 0.05) is 0 Å². The molecule has 1 aliphatic heterocycles. The number of thioether (sulfide) groups is 1.